The molecule has 1 amide bonds. The summed E-state index contributed by atoms with van der Waals surface area (Å²) in [6, 6.07) is 17.2. The van der Waals surface area contributed by atoms with Crippen LogP contribution in [0.4, 0.5) is 5.69 Å². The number of hydrogen-bond donors (Lipinski definition) is 1. The highest BCUT2D eigenvalue weighted by Crippen LogP contribution is 2.28. The zero-order chi connectivity index (χ0) is 17.2. The van der Waals surface area contributed by atoms with Crippen LogP contribution in [0.1, 0.15) is 16.1 Å². The van der Waals surface area contributed by atoms with E-state index in [4.69, 9.17) is 4.42 Å². The van der Waals surface area contributed by atoms with Gasteiger partial charge < -0.3 is 14.3 Å². The first-order chi connectivity index (χ1) is 12.2. The maximum Gasteiger partial charge on any atom is 0.272 e. The van der Waals surface area contributed by atoms with Gasteiger partial charge in [0.25, 0.3) is 5.91 Å². The summed E-state index contributed by atoms with van der Waals surface area (Å²) in [7, 11) is 0. The molecular formula is C19H14BrN3O2. The first-order valence-corrected chi connectivity index (χ1v) is 8.54. The van der Waals surface area contributed by atoms with Crippen LogP contribution in [0, 0.1) is 0 Å². The molecule has 0 bridgehead atoms. The van der Waals surface area contributed by atoms with Crippen LogP contribution in [0.25, 0.3) is 11.1 Å². The molecule has 0 unspecified atom stereocenters. The van der Waals surface area contributed by atoms with Crippen molar-refractivity contribution < 1.29 is 9.21 Å². The van der Waals surface area contributed by atoms with Crippen molar-refractivity contribution in [3.05, 3.63) is 82.9 Å². The van der Waals surface area contributed by atoms with Crippen molar-refractivity contribution in [1.29, 1.82) is 0 Å². The number of rotatable bonds is 4. The lowest BCUT2D eigenvalue weighted by Gasteiger charge is -2.10. The maximum atomic E-state index is 12.8. The van der Waals surface area contributed by atoms with Crippen molar-refractivity contribution in [2.75, 3.05) is 5.32 Å². The number of aromatic nitrogens is 2. The van der Waals surface area contributed by atoms with Gasteiger partial charge in [0.05, 0.1) is 5.52 Å². The molecule has 4 rings (SSSR count). The number of hydrogen-bond acceptors (Lipinski definition) is 3. The number of benzene rings is 1. The Labute approximate surface area is 152 Å². The Kier molecular flexibility index (Phi) is 4.11. The number of fused-ring (bicyclic) bond motifs is 1. The molecule has 25 heavy (non-hydrogen) atoms. The van der Waals surface area contributed by atoms with E-state index in [-0.39, 0.29) is 5.91 Å². The number of carbonyl (C=O) groups is 1. The number of nitrogens with zero attached hydrogens (tertiary/aromatic N) is 2. The Balaban J connectivity index is 1.73. The minimum absolute atomic E-state index is 0.190. The van der Waals surface area contributed by atoms with Gasteiger partial charge in [0.2, 0.25) is 0 Å². The van der Waals surface area contributed by atoms with Gasteiger partial charge in [0.1, 0.15) is 5.69 Å². The van der Waals surface area contributed by atoms with Crippen molar-refractivity contribution in [3.63, 3.8) is 0 Å². The van der Waals surface area contributed by atoms with Gasteiger partial charge in [-0.15, -0.1) is 0 Å². The number of anilines is 1. The molecule has 1 aromatic carbocycles. The number of pyridine rings is 1. The topological polar surface area (TPSA) is 60.1 Å². The summed E-state index contributed by atoms with van der Waals surface area (Å²) in [4.78, 5) is 16.7. The van der Waals surface area contributed by atoms with E-state index >= 15 is 0 Å². The summed E-state index contributed by atoms with van der Waals surface area (Å²) in [5.41, 5.74) is 3.89. The van der Waals surface area contributed by atoms with Gasteiger partial charge in [-0.2, -0.15) is 0 Å². The molecule has 0 atom stereocenters. The van der Waals surface area contributed by atoms with Crippen molar-refractivity contribution >= 4 is 38.6 Å². The summed E-state index contributed by atoms with van der Waals surface area (Å²) >= 11 is 3.35. The second-order valence-electron chi connectivity index (χ2n) is 5.59. The van der Waals surface area contributed by atoms with Gasteiger partial charge in [-0.3, -0.25) is 9.78 Å². The van der Waals surface area contributed by atoms with Crippen LogP contribution in [0.3, 0.4) is 0 Å². The van der Waals surface area contributed by atoms with E-state index in [9.17, 15) is 4.79 Å². The summed E-state index contributed by atoms with van der Waals surface area (Å²) in [5.74, 6) is -0.190. The molecule has 3 heterocycles. The van der Waals surface area contributed by atoms with Crippen LogP contribution in [-0.4, -0.2) is 15.5 Å². The van der Waals surface area contributed by atoms with E-state index in [2.05, 4.69) is 26.2 Å². The zero-order valence-electron chi connectivity index (χ0n) is 13.1. The molecule has 0 aliphatic heterocycles. The fourth-order valence-electron chi connectivity index (χ4n) is 2.77. The summed E-state index contributed by atoms with van der Waals surface area (Å²) < 4.78 is 8.23. The van der Waals surface area contributed by atoms with E-state index in [0.717, 1.165) is 11.1 Å². The fourth-order valence-corrected chi connectivity index (χ4v) is 3.16. The summed E-state index contributed by atoms with van der Waals surface area (Å²) in [6.45, 7) is 0.579. The zero-order valence-corrected chi connectivity index (χ0v) is 14.7. The molecule has 5 nitrogen and oxygen atoms in total. The largest absolute Gasteiger partial charge is 0.448 e. The molecule has 0 aliphatic carbocycles. The standard InChI is InChI=1S/C19H14BrN3O2/c20-18-11-15-17(25-18)10-16(19(24)22-14-6-8-21-9-7-14)23(15)12-13-4-2-1-3-5-13/h1-11H,12H2,(H,21,22,24). The predicted octanol–water partition coefficient (Wildman–Crippen LogP) is 4.69. The van der Waals surface area contributed by atoms with E-state index in [1.54, 1.807) is 30.6 Å². The molecule has 0 saturated heterocycles. The van der Waals surface area contributed by atoms with Crippen LogP contribution in [0.15, 0.2) is 76.1 Å². The Morgan fingerprint density at radius 3 is 2.64 bits per heavy atom. The third-order valence-corrected chi connectivity index (χ3v) is 4.30. The Morgan fingerprint density at radius 2 is 1.88 bits per heavy atom. The number of halogens is 1. The predicted molar refractivity (Wildman–Crippen MR) is 99.6 cm³/mol. The molecular weight excluding hydrogens is 382 g/mol. The molecule has 0 fully saturated rings. The minimum atomic E-state index is -0.190. The lowest BCUT2D eigenvalue weighted by atomic mass is 10.2. The van der Waals surface area contributed by atoms with Crippen molar-refractivity contribution in [2.24, 2.45) is 0 Å². The fraction of sp³-hybridized carbons (Fsp3) is 0.0526. The van der Waals surface area contributed by atoms with Crippen molar-refractivity contribution in [1.82, 2.24) is 9.55 Å². The van der Waals surface area contributed by atoms with E-state index in [1.807, 2.05) is 41.0 Å². The number of amides is 1. The van der Waals surface area contributed by atoms with Crippen LogP contribution in [0.2, 0.25) is 0 Å². The third kappa shape index (κ3) is 3.21. The van der Waals surface area contributed by atoms with Gasteiger partial charge >= 0.3 is 0 Å². The smallest absolute Gasteiger partial charge is 0.272 e. The summed E-state index contributed by atoms with van der Waals surface area (Å²) in [6.07, 6.45) is 3.28. The average Bonchev–Trinajstić information content (AvgIpc) is 3.14. The van der Waals surface area contributed by atoms with E-state index in [1.165, 1.54) is 0 Å². The molecule has 0 radical (unpaired) electrons. The Hall–Kier alpha value is -2.86. The first-order valence-electron chi connectivity index (χ1n) is 7.74. The van der Waals surface area contributed by atoms with Gasteiger partial charge in [-0.1, -0.05) is 30.3 Å². The molecule has 0 spiro atoms. The number of carbonyl (C=O) groups excluding carboxylic acids is 1. The number of furan rings is 1. The quantitative estimate of drug-likeness (QED) is 0.544. The van der Waals surface area contributed by atoms with Crippen molar-refractivity contribution in [3.8, 4) is 0 Å². The molecule has 6 heteroatoms. The van der Waals surface area contributed by atoms with Gasteiger partial charge in [0, 0.05) is 36.8 Å². The molecule has 4 aromatic rings. The minimum Gasteiger partial charge on any atom is -0.448 e. The van der Waals surface area contributed by atoms with Crippen LogP contribution < -0.4 is 5.32 Å². The highest BCUT2D eigenvalue weighted by molar-refractivity contribution is 9.10. The molecule has 124 valence electrons. The molecule has 0 saturated carbocycles. The third-order valence-electron chi connectivity index (χ3n) is 3.91. The normalized spacial score (nSPS) is 10.9. The lowest BCUT2D eigenvalue weighted by Crippen LogP contribution is -2.17. The van der Waals surface area contributed by atoms with E-state index < -0.39 is 0 Å². The lowest BCUT2D eigenvalue weighted by molar-refractivity contribution is 0.101. The molecule has 1 N–H and O–H groups in total. The Bertz CT molecular complexity index is 1020. The first kappa shape index (κ1) is 15.7. The number of nitrogens with one attached hydrogen (secondary N) is 1. The van der Waals surface area contributed by atoms with Gasteiger partial charge in [-0.05, 0) is 33.6 Å². The van der Waals surface area contributed by atoms with E-state index in [0.29, 0.717) is 28.2 Å². The summed E-state index contributed by atoms with van der Waals surface area (Å²) in [5, 5.41) is 2.90. The SMILES string of the molecule is O=C(Nc1ccncc1)c1cc2oc(Br)cc2n1Cc1ccccc1. The molecule has 3 aromatic heterocycles. The second-order valence-corrected chi connectivity index (χ2v) is 6.37. The molecule has 0 aliphatic rings. The van der Waals surface area contributed by atoms with Crippen LogP contribution in [0.5, 0.6) is 0 Å². The highest BCUT2D eigenvalue weighted by Gasteiger charge is 2.19. The second kappa shape index (κ2) is 6.57. The van der Waals surface area contributed by atoms with Crippen molar-refractivity contribution in [2.45, 2.75) is 6.54 Å². The monoisotopic (exact) mass is 395 g/mol. The van der Waals surface area contributed by atoms with Crippen LogP contribution in [-0.2, 0) is 6.54 Å². The van der Waals surface area contributed by atoms with Crippen LogP contribution >= 0.6 is 15.9 Å². The average molecular weight is 396 g/mol. The Morgan fingerprint density at radius 1 is 1.12 bits per heavy atom. The van der Waals surface area contributed by atoms with Gasteiger partial charge in [0.15, 0.2) is 10.3 Å². The van der Waals surface area contributed by atoms with Gasteiger partial charge in [-0.25, -0.2) is 0 Å². The maximum absolute atomic E-state index is 12.8. The highest BCUT2D eigenvalue weighted by atomic mass is 79.9.